The van der Waals surface area contributed by atoms with Crippen LogP contribution in [0.15, 0.2) is 52.9 Å². The fourth-order valence-corrected chi connectivity index (χ4v) is 2.19. The van der Waals surface area contributed by atoms with Gasteiger partial charge in [0.25, 0.3) is 6.01 Å². The molecule has 0 radical (unpaired) electrons. The van der Waals surface area contributed by atoms with E-state index >= 15 is 0 Å². The summed E-state index contributed by atoms with van der Waals surface area (Å²) in [7, 11) is 1.38. The molecule has 0 atom stereocenters. The molecule has 0 spiro atoms. The number of carbonyl (C=O) groups is 1. The molecule has 0 aliphatic carbocycles. The number of anilines is 2. The summed E-state index contributed by atoms with van der Waals surface area (Å²) in [5.74, 6) is 0.513. The fraction of sp³-hybridized carbons (Fsp3) is 0.222. The van der Waals surface area contributed by atoms with Crippen LogP contribution >= 0.6 is 0 Å². The second kappa shape index (κ2) is 7.50. The lowest BCUT2D eigenvalue weighted by Crippen LogP contribution is -2.04. The lowest BCUT2D eigenvalue weighted by molar-refractivity contribution is -0.140. The molecule has 3 aromatic rings. The van der Waals surface area contributed by atoms with Crippen molar-refractivity contribution in [3.63, 3.8) is 0 Å². The van der Waals surface area contributed by atoms with Gasteiger partial charge in [-0.15, -0.1) is 0 Å². The molecule has 0 bridgehead atoms. The van der Waals surface area contributed by atoms with E-state index < -0.39 is 0 Å². The Kier molecular flexibility index (Phi) is 4.96. The van der Waals surface area contributed by atoms with Crippen molar-refractivity contribution in [2.24, 2.45) is 0 Å². The number of para-hydroxylation sites is 2. The van der Waals surface area contributed by atoms with Gasteiger partial charge >= 0.3 is 5.97 Å². The van der Waals surface area contributed by atoms with Gasteiger partial charge in [0.15, 0.2) is 5.58 Å². The molecule has 0 unspecified atom stereocenters. The van der Waals surface area contributed by atoms with Crippen molar-refractivity contribution in [1.29, 1.82) is 0 Å². The number of benzene rings is 2. The monoisotopic (exact) mass is 326 g/mol. The van der Waals surface area contributed by atoms with Gasteiger partial charge in [-0.25, -0.2) is 0 Å². The third-order valence-corrected chi connectivity index (χ3v) is 3.42. The van der Waals surface area contributed by atoms with Crippen LogP contribution in [0.4, 0.5) is 11.7 Å². The first-order valence-electron chi connectivity index (χ1n) is 7.67. The summed E-state index contributed by atoms with van der Waals surface area (Å²) in [5.41, 5.74) is 2.40. The summed E-state index contributed by atoms with van der Waals surface area (Å²) < 4.78 is 15.8. The quantitative estimate of drug-likeness (QED) is 0.524. The average molecular weight is 326 g/mol. The Balaban J connectivity index is 1.53. The van der Waals surface area contributed by atoms with Gasteiger partial charge in [-0.05, 0) is 42.8 Å². The molecule has 1 aromatic heterocycles. The number of rotatable bonds is 7. The Hall–Kier alpha value is -3.02. The predicted octanol–water partition coefficient (Wildman–Crippen LogP) is 3.90. The Morgan fingerprint density at radius 3 is 2.71 bits per heavy atom. The van der Waals surface area contributed by atoms with Crippen molar-refractivity contribution in [3.8, 4) is 5.75 Å². The minimum Gasteiger partial charge on any atom is -0.494 e. The SMILES string of the molecule is COC(=O)CCCOc1ccc(Nc2nc3ccccc3o2)cc1. The van der Waals surface area contributed by atoms with Crippen molar-refractivity contribution in [1.82, 2.24) is 4.98 Å². The summed E-state index contributed by atoms with van der Waals surface area (Å²) in [6.45, 7) is 0.465. The fourth-order valence-electron chi connectivity index (χ4n) is 2.19. The number of nitrogens with one attached hydrogen (secondary N) is 1. The molecule has 2 aromatic carbocycles. The van der Waals surface area contributed by atoms with Crippen molar-refractivity contribution in [2.45, 2.75) is 12.8 Å². The molecule has 0 aliphatic heterocycles. The third-order valence-electron chi connectivity index (χ3n) is 3.42. The highest BCUT2D eigenvalue weighted by atomic mass is 16.5. The van der Waals surface area contributed by atoms with Crippen LogP contribution in [0.5, 0.6) is 5.75 Å². The van der Waals surface area contributed by atoms with Crippen LogP contribution in [0.2, 0.25) is 0 Å². The summed E-state index contributed by atoms with van der Waals surface area (Å²) in [6.07, 6.45) is 0.976. The van der Waals surface area contributed by atoms with Crippen LogP contribution in [-0.2, 0) is 9.53 Å². The van der Waals surface area contributed by atoms with Crippen LogP contribution in [0.1, 0.15) is 12.8 Å². The van der Waals surface area contributed by atoms with Crippen LogP contribution < -0.4 is 10.1 Å². The first-order valence-corrected chi connectivity index (χ1v) is 7.67. The lowest BCUT2D eigenvalue weighted by Gasteiger charge is -2.07. The predicted molar refractivity (Wildman–Crippen MR) is 90.5 cm³/mol. The highest BCUT2D eigenvalue weighted by Gasteiger charge is 2.05. The molecule has 0 fully saturated rings. The van der Waals surface area contributed by atoms with Gasteiger partial charge in [0.1, 0.15) is 11.3 Å². The molecule has 0 saturated carbocycles. The zero-order valence-corrected chi connectivity index (χ0v) is 13.3. The number of ether oxygens (including phenoxy) is 2. The van der Waals surface area contributed by atoms with Crippen molar-refractivity contribution < 1.29 is 18.7 Å². The summed E-state index contributed by atoms with van der Waals surface area (Å²) in [6, 6.07) is 15.5. The van der Waals surface area contributed by atoms with Crippen LogP contribution in [0, 0.1) is 0 Å². The summed E-state index contributed by atoms with van der Waals surface area (Å²) >= 11 is 0. The Morgan fingerprint density at radius 1 is 1.17 bits per heavy atom. The maximum absolute atomic E-state index is 11.0. The molecule has 124 valence electrons. The second-order valence-corrected chi connectivity index (χ2v) is 5.16. The number of nitrogens with zero attached hydrogens (tertiary/aromatic N) is 1. The van der Waals surface area contributed by atoms with Crippen molar-refractivity contribution in [2.75, 3.05) is 19.0 Å². The number of methoxy groups -OCH3 is 1. The molecule has 0 saturated heterocycles. The van der Waals surface area contributed by atoms with E-state index in [4.69, 9.17) is 9.15 Å². The highest BCUT2D eigenvalue weighted by molar-refractivity contribution is 5.75. The smallest absolute Gasteiger partial charge is 0.305 e. The second-order valence-electron chi connectivity index (χ2n) is 5.16. The van der Waals surface area contributed by atoms with Gasteiger partial charge in [-0.1, -0.05) is 12.1 Å². The maximum Gasteiger partial charge on any atom is 0.305 e. The van der Waals surface area contributed by atoms with Crippen LogP contribution in [0.25, 0.3) is 11.1 Å². The molecule has 0 aliphatic rings. The Labute approximate surface area is 139 Å². The molecular formula is C18H18N2O4. The number of oxazole rings is 1. The van der Waals surface area contributed by atoms with Gasteiger partial charge in [-0.2, -0.15) is 4.98 Å². The minimum atomic E-state index is -0.225. The normalized spacial score (nSPS) is 10.5. The zero-order chi connectivity index (χ0) is 16.8. The number of hydrogen-bond acceptors (Lipinski definition) is 6. The lowest BCUT2D eigenvalue weighted by atomic mass is 10.3. The van der Waals surface area contributed by atoms with Crippen LogP contribution in [0.3, 0.4) is 0 Å². The summed E-state index contributed by atoms with van der Waals surface area (Å²) in [5, 5.41) is 3.12. The van der Waals surface area contributed by atoms with Gasteiger partial charge in [-0.3, -0.25) is 4.79 Å². The molecular weight excluding hydrogens is 308 g/mol. The molecule has 1 N–H and O–H groups in total. The van der Waals surface area contributed by atoms with E-state index in [0.29, 0.717) is 25.5 Å². The van der Waals surface area contributed by atoms with E-state index in [0.717, 1.165) is 22.5 Å². The molecule has 6 nitrogen and oxygen atoms in total. The topological polar surface area (TPSA) is 73.6 Å². The molecule has 1 heterocycles. The molecule has 0 amide bonds. The van der Waals surface area contributed by atoms with Gasteiger partial charge < -0.3 is 19.2 Å². The third kappa shape index (κ3) is 4.04. The van der Waals surface area contributed by atoms with E-state index in [2.05, 4.69) is 15.0 Å². The van der Waals surface area contributed by atoms with Crippen molar-refractivity contribution in [3.05, 3.63) is 48.5 Å². The van der Waals surface area contributed by atoms with E-state index in [-0.39, 0.29) is 5.97 Å². The van der Waals surface area contributed by atoms with Gasteiger partial charge in [0.05, 0.1) is 13.7 Å². The average Bonchev–Trinajstić information content (AvgIpc) is 3.02. The number of fused-ring (bicyclic) bond motifs is 1. The Bertz CT molecular complexity index is 778. The number of carbonyl (C=O) groups excluding carboxylic acids is 1. The van der Waals surface area contributed by atoms with Gasteiger partial charge in [0, 0.05) is 12.1 Å². The first kappa shape index (κ1) is 15.9. The van der Waals surface area contributed by atoms with Crippen LogP contribution in [-0.4, -0.2) is 24.7 Å². The zero-order valence-electron chi connectivity index (χ0n) is 13.3. The Morgan fingerprint density at radius 2 is 1.96 bits per heavy atom. The van der Waals surface area contributed by atoms with Crippen molar-refractivity contribution >= 4 is 28.8 Å². The standard InChI is InChI=1S/C18H18N2O4/c1-22-17(21)7-4-12-23-14-10-8-13(9-11-14)19-18-20-15-5-2-3-6-16(15)24-18/h2-3,5-6,8-11H,4,7,12H2,1H3,(H,19,20). The van der Waals surface area contributed by atoms with E-state index in [9.17, 15) is 4.79 Å². The van der Waals surface area contributed by atoms with E-state index in [1.165, 1.54) is 7.11 Å². The van der Waals surface area contributed by atoms with E-state index in [1.54, 1.807) is 0 Å². The molecule has 24 heavy (non-hydrogen) atoms. The highest BCUT2D eigenvalue weighted by Crippen LogP contribution is 2.23. The molecule has 3 rings (SSSR count). The first-order chi connectivity index (χ1) is 11.7. The number of hydrogen-bond donors (Lipinski definition) is 1. The number of esters is 1. The van der Waals surface area contributed by atoms with E-state index in [1.807, 2.05) is 48.5 Å². The number of aromatic nitrogens is 1. The largest absolute Gasteiger partial charge is 0.494 e. The maximum atomic E-state index is 11.0. The van der Waals surface area contributed by atoms with Gasteiger partial charge in [0.2, 0.25) is 0 Å². The molecule has 6 heteroatoms. The summed E-state index contributed by atoms with van der Waals surface area (Å²) in [4.78, 5) is 15.4. The minimum absolute atomic E-state index is 0.225.